The van der Waals surface area contributed by atoms with Crippen LogP contribution in [0, 0.1) is 33.1 Å². The molecule has 3 heterocycles. The molecule has 2 aliphatic rings. The number of carbonyl (C=O) groups excluding carboxylic acids is 1. The first kappa shape index (κ1) is 19.7. The van der Waals surface area contributed by atoms with E-state index in [0.29, 0.717) is 5.17 Å². The van der Waals surface area contributed by atoms with E-state index in [4.69, 9.17) is 5.41 Å². The molecule has 0 saturated heterocycles. The number of rotatable bonds is 2. The van der Waals surface area contributed by atoms with Crippen molar-refractivity contribution in [1.29, 1.82) is 5.41 Å². The van der Waals surface area contributed by atoms with Crippen molar-refractivity contribution in [3.8, 4) is 5.69 Å². The third-order valence-corrected chi connectivity index (χ3v) is 7.08. The summed E-state index contributed by atoms with van der Waals surface area (Å²) in [7, 11) is 0. The van der Waals surface area contributed by atoms with Gasteiger partial charge in [-0.25, -0.2) is 0 Å². The van der Waals surface area contributed by atoms with Crippen LogP contribution in [0.3, 0.4) is 0 Å². The Labute approximate surface area is 178 Å². The monoisotopic (exact) mass is 423 g/mol. The summed E-state index contributed by atoms with van der Waals surface area (Å²) in [5, 5.41) is 14.8. The molecule has 29 heavy (non-hydrogen) atoms. The van der Waals surface area contributed by atoms with Crippen LogP contribution in [-0.4, -0.2) is 37.1 Å². The molecule has 0 atom stereocenters. The quantitative estimate of drug-likeness (QED) is 0.714. The fourth-order valence-electron chi connectivity index (χ4n) is 3.49. The van der Waals surface area contributed by atoms with E-state index in [2.05, 4.69) is 46.7 Å². The van der Waals surface area contributed by atoms with Crippen LogP contribution in [0.5, 0.6) is 0 Å². The van der Waals surface area contributed by atoms with Gasteiger partial charge in [-0.1, -0.05) is 12.1 Å². The number of amidine groups is 2. The predicted octanol–water partition coefficient (Wildman–Crippen LogP) is 4.65. The van der Waals surface area contributed by atoms with Gasteiger partial charge in [-0.3, -0.25) is 10.2 Å². The highest BCUT2D eigenvalue weighted by Gasteiger charge is 2.35. The topological polar surface area (TPSA) is 73.8 Å². The van der Waals surface area contributed by atoms with Crippen molar-refractivity contribution in [2.24, 2.45) is 10.1 Å². The Morgan fingerprint density at radius 3 is 2.69 bits per heavy atom. The molecule has 1 aromatic carbocycles. The molecule has 1 aromatic heterocycles. The number of benzene rings is 1. The summed E-state index contributed by atoms with van der Waals surface area (Å²) in [6.07, 6.45) is 3.67. The van der Waals surface area contributed by atoms with Gasteiger partial charge in [0.1, 0.15) is 0 Å². The van der Waals surface area contributed by atoms with Crippen molar-refractivity contribution >= 4 is 50.9 Å². The lowest BCUT2D eigenvalue weighted by Crippen LogP contribution is -2.35. The van der Waals surface area contributed by atoms with Crippen molar-refractivity contribution in [1.82, 2.24) is 9.58 Å². The van der Waals surface area contributed by atoms with Crippen LogP contribution in [0.15, 0.2) is 39.9 Å². The number of hydrogen-bond donors (Lipinski definition) is 1. The molecule has 0 aliphatic carbocycles. The molecule has 2 aromatic rings. The minimum Gasteiger partial charge on any atom is -0.318 e. The molecule has 0 fully saturated rings. The highest BCUT2D eigenvalue weighted by atomic mass is 32.2. The zero-order chi connectivity index (χ0) is 20.9. The van der Waals surface area contributed by atoms with E-state index in [1.807, 2.05) is 26.2 Å². The predicted molar refractivity (Wildman–Crippen MR) is 123 cm³/mol. The average Bonchev–Trinajstić information content (AvgIpc) is 3.22. The minimum absolute atomic E-state index is 0.0630. The number of aliphatic imine (C=N–C) groups is 1. The van der Waals surface area contributed by atoms with Crippen LogP contribution in [0.25, 0.3) is 11.8 Å². The number of hydrazone groups is 1. The lowest BCUT2D eigenvalue weighted by Gasteiger charge is -2.20. The first-order valence-corrected chi connectivity index (χ1v) is 11.2. The van der Waals surface area contributed by atoms with Gasteiger partial charge in [-0.2, -0.15) is 10.0 Å². The maximum atomic E-state index is 12.6. The fourth-order valence-corrected chi connectivity index (χ4v) is 4.84. The van der Waals surface area contributed by atoms with Crippen molar-refractivity contribution in [2.75, 3.05) is 6.26 Å². The van der Waals surface area contributed by atoms with Gasteiger partial charge >= 0.3 is 0 Å². The minimum atomic E-state index is -0.400. The molecular formula is C21H21N5OS2. The normalized spacial score (nSPS) is 17.7. The van der Waals surface area contributed by atoms with Gasteiger partial charge in [-0.05, 0) is 80.6 Å². The van der Waals surface area contributed by atoms with Gasteiger partial charge in [-0.15, -0.1) is 16.9 Å². The van der Waals surface area contributed by atoms with Crippen molar-refractivity contribution in [3.63, 3.8) is 0 Å². The number of carbonyl (C=O) groups is 1. The average molecular weight is 424 g/mol. The number of fused-ring (bicyclic) bond motifs is 1. The van der Waals surface area contributed by atoms with E-state index < -0.39 is 5.91 Å². The number of nitrogens with one attached hydrogen (secondary N) is 1. The molecular weight excluding hydrogens is 402 g/mol. The fraction of sp³-hybridized carbons (Fsp3) is 0.238. The number of aryl methyl sites for hydroxylation is 2. The molecule has 0 bridgehead atoms. The van der Waals surface area contributed by atoms with Gasteiger partial charge < -0.3 is 4.57 Å². The molecule has 148 valence electrons. The number of nitrogens with zero attached hydrogens (tertiary/aromatic N) is 4. The maximum Gasteiger partial charge on any atom is 0.283 e. The smallest absolute Gasteiger partial charge is 0.283 e. The second-order valence-electron chi connectivity index (χ2n) is 6.97. The summed E-state index contributed by atoms with van der Waals surface area (Å²) in [5.74, 6) is -0.337. The molecule has 8 heteroatoms. The Morgan fingerprint density at radius 1 is 1.21 bits per heavy atom. The number of amides is 1. The lowest BCUT2D eigenvalue weighted by molar-refractivity contribution is -0.114. The van der Waals surface area contributed by atoms with Gasteiger partial charge in [0, 0.05) is 17.1 Å². The largest absolute Gasteiger partial charge is 0.318 e. The first-order chi connectivity index (χ1) is 13.8. The molecule has 1 amide bonds. The zero-order valence-corrected chi connectivity index (χ0v) is 18.5. The van der Waals surface area contributed by atoms with E-state index in [1.54, 1.807) is 6.08 Å². The van der Waals surface area contributed by atoms with Gasteiger partial charge in [0.05, 0.1) is 5.57 Å². The zero-order valence-electron chi connectivity index (χ0n) is 16.9. The van der Waals surface area contributed by atoms with E-state index in [0.717, 1.165) is 27.0 Å². The molecule has 0 unspecified atom stereocenters. The molecule has 0 radical (unpaired) electrons. The number of thioether (sulfide) groups is 2. The summed E-state index contributed by atoms with van der Waals surface area (Å²) < 4.78 is 2.96. The van der Waals surface area contributed by atoms with Crippen LogP contribution in [0.2, 0.25) is 0 Å². The van der Waals surface area contributed by atoms with Gasteiger partial charge in [0.2, 0.25) is 5.17 Å². The third kappa shape index (κ3) is 3.26. The van der Waals surface area contributed by atoms with Gasteiger partial charge in [0.25, 0.3) is 5.91 Å². The Kier molecular flexibility index (Phi) is 5.00. The SMILES string of the molecule is CSC1=NN2C(=N)C(=Cc3cc(C)n(-c4cccc(C)c4C)c3C)C(=O)N=C2S1. The van der Waals surface area contributed by atoms with Crippen LogP contribution >= 0.6 is 23.5 Å². The lowest BCUT2D eigenvalue weighted by atomic mass is 10.1. The Hall–Kier alpha value is -2.58. The van der Waals surface area contributed by atoms with Crippen molar-refractivity contribution in [3.05, 3.63) is 57.9 Å². The van der Waals surface area contributed by atoms with E-state index in [-0.39, 0.29) is 11.4 Å². The molecule has 2 aliphatic heterocycles. The summed E-state index contributed by atoms with van der Waals surface area (Å²) in [6, 6.07) is 8.30. The number of hydrogen-bond acceptors (Lipinski definition) is 5. The van der Waals surface area contributed by atoms with Crippen LogP contribution in [0.4, 0.5) is 0 Å². The van der Waals surface area contributed by atoms with Gasteiger partial charge in [0.15, 0.2) is 10.2 Å². The first-order valence-electron chi connectivity index (χ1n) is 9.11. The van der Waals surface area contributed by atoms with E-state index >= 15 is 0 Å². The summed E-state index contributed by atoms with van der Waals surface area (Å²) in [6.45, 7) is 8.30. The van der Waals surface area contributed by atoms with Crippen LogP contribution < -0.4 is 0 Å². The molecule has 4 rings (SSSR count). The van der Waals surface area contributed by atoms with Crippen LogP contribution in [0.1, 0.15) is 28.1 Å². The Morgan fingerprint density at radius 2 is 1.97 bits per heavy atom. The molecule has 1 N–H and O–H groups in total. The summed E-state index contributed by atoms with van der Waals surface area (Å²) >= 11 is 2.79. The highest BCUT2D eigenvalue weighted by Crippen LogP contribution is 2.32. The van der Waals surface area contributed by atoms with Crippen molar-refractivity contribution in [2.45, 2.75) is 27.7 Å². The summed E-state index contributed by atoms with van der Waals surface area (Å²) in [4.78, 5) is 16.8. The Balaban J connectivity index is 1.78. The number of aromatic nitrogens is 1. The maximum absolute atomic E-state index is 12.6. The third-order valence-electron chi connectivity index (χ3n) is 5.20. The standard InChI is InChI=1S/C21H21N5OS2/c1-11-7-6-8-17(13(11)3)25-12(2)9-15(14(25)4)10-16-18(22)26-20(23-19(16)27)29-21(24-26)28-5/h6-10,22H,1-5H3. The van der Waals surface area contributed by atoms with E-state index in [1.165, 1.54) is 39.7 Å². The van der Waals surface area contributed by atoms with Crippen molar-refractivity contribution < 1.29 is 4.79 Å². The molecule has 0 spiro atoms. The molecule has 0 saturated carbocycles. The second-order valence-corrected chi connectivity index (χ2v) is 8.98. The molecule has 6 nitrogen and oxygen atoms in total. The Bertz CT molecular complexity index is 1160. The second kappa shape index (κ2) is 7.35. The van der Waals surface area contributed by atoms with E-state index in [9.17, 15) is 4.79 Å². The highest BCUT2D eigenvalue weighted by molar-refractivity contribution is 8.45. The summed E-state index contributed by atoms with van der Waals surface area (Å²) in [5.41, 5.74) is 6.81. The van der Waals surface area contributed by atoms with Crippen LogP contribution in [-0.2, 0) is 4.79 Å².